The van der Waals surface area contributed by atoms with Crippen LogP contribution in [0.5, 0.6) is 5.75 Å². The summed E-state index contributed by atoms with van der Waals surface area (Å²) in [6, 6.07) is 12.7. The van der Waals surface area contributed by atoms with E-state index in [-0.39, 0.29) is 5.69 Å². The Morgan fingerprint density at radius 1 is 1.26 bits per heavy atom. The molecule has 166 valence electrons. The van der Waals surface area contributed by atoms with Crippen molar-refractivity contribution < 1.29 is 14.4 Å². The molecule has 1 heterocycles. The van der Waals surface area contributed by atoms with Crippen LogP contribution in [-0.2, 0) is 17.7 Å². The van der Waals surface area contributed by atoms with Crippen LogP contribution in [0.3, 0.4) is 0 Å². The van der Waals surface area contributed by atoms with Crippen molar-refractivity contribution >= 4 is 11.6 Å². The molecular weight excluding hydrogens is 396 g/mol. The maximum atomic E-state index is 10.8. The third-order valence-electron chi connectivity index (χ3n) is 5.27. The lowest BCUT2D eigenvalue weighted by atomic mass is 10.1. The molecule has 3 rings (SSSR count). The molecule has 1 saturated heterocycles. The van der Waals surface area contributed by atoms with E-state index in [1.165, 1.54) is 17.7 Å². The molecule has 0 aliphatic carbocycles. The fourth-order valence-corrected chi connectivity index (χ4v) is 3.47. The normalized spacial score (nSPS) is 16.2. The lowest BCUT2D eigenvalue weighted by molar-refractivity contribution is -0.384. The minimum Gasteiger partial charge on any atom is -0.496 e. The van der Waals surface area contributed by atoms with Crippen LogP contribution in [0.1, 0.15) is 23.1 Å². The molecule has 1 aliphatic heterocycles. The first-order valence-electron chi connectivity index (χ1n) is 10.5. The minimum atomic E-state index is -0.398. The minimum absolute atomic E-state index is 0.0811. The number of guanidine groups is 1. The molecule has 0 bridgehead atoms. The molecule has 0 aromatic heterocycles. The molecule has 8 heteroatoms. The van der Waals surface area contributed by atoms with Crippen LogP contribution in [0.4, 0.5) is 5.69 Å². The van der Waals surface area contributed by atoms with Gasteiger partial charge in [-0.15, -0.1) is 0 Å². The Hall–Kier alpha value is -3.13. The van der Waals surface area contributed by atoms with Gasteiger partial charge >= 0.3 is 0 Å². The van der Waals surface area contributed by atoms with Gasteiger partial charge in [0.1, 0.15) is 5.75 Å². The van der Waals surface area contributed by atoms with Gasteiger partial charge in [0, 0.05) is 37.7 Å². The van der Waals surface area contributed by atoms with Crippen molar-refractivity contribution in [2.75, 3.05) is 33.4 Å². The molecule has 0 spiro atoms. The van der Waals surface area contributed by atoms with E-state index in [0.29, 0.717) is 19.0 Å². The van der Waals surface area contributed by atoms with Crippen LogP contribution in [0, 0.1) is 23.0 Å². The number of ether oxygens (including phenoxy) is 2. The second-order valence-electron chi connectivity index (χ2n) is 7.69. The third-order valence-corrected chi connectivity index (χ3v) is 5.27. The molecule has 2 aromatic rings. The highest BCUT2D eigenvalue weighted by Gasteiger charge is 2.16. The van der Waals surface area contributed by atoms with E-state index in [0.717, 1.165) is 55.4 Å². The first-order valence-corrected chi connectivity index (χ1v) is 10.5. The Morgan fingerprint density at radius 2 is 2.06 bits per heavy atom. The average Bonchev–Trinajstić information content (AvgIpc) is 3.29. The predicted octanol–water partition coefficient (Wildman–Crippen LogP) is 3.23. The van der Waals surface area contributed by atoms with E-state index in [1.807, 2.05) is 12.1 Å². The van der Waals surface area contributed by atoms with Gasteiger partial charge in [-0.05, 0) is 37.0 Å². The second kappa shape index (κ2) is 11.3. The number of nitrogens with zero attached hydrogens (tertiary/aromatic N) is 2. The topological polar surface area (TPSA) is 98.0 Å². The largest absolute Gasteiger partial charge is 0.496 e. The Balaban J connectivity index is 1.61. The van der Waals surface area contributed by atoms with Crippen LogP contribution in [0.15, 0.2) is 47.5 Å². The zero-order chi connectivity index (χ0) is 22.1. The Kier molecular flexibility index (Phi) is 8.23. The van der Waals surface area contributed by atoms with Crippen molar-refractivity contribution in [3.63, 3.8) is 0 Å². The summed E-state index contributed by atoms with van der Waals surface area (Å²) in [5, 5.41) is 17.6. The Morgan fingerprint density at radius 3 is 2.74 bits per heavy atom. The van der Waals surface area contributed by atoms with Crippen LogP contribution < -0.4 is 15.4 Å². The van der Waals surface area contributed by atoms with E-state index in [2.05, 4.69) is 28.6 Å². The highest BCUT2D eigenvalue weighted by molar-refractivity contribution is 5.79. The second-order valence-corrected chi connectivity index (χ2v) is 7.69. The number of nitro benzene ring substituents is 1. The maximum absolute atomic E-state index is 10.8. The van der Waals surface area contributed by atoms with E-state index < -0.39 is 4.92 Å². The van der Waals surface area contributed by atoms with Crippen LogP contribution in [-0.4, -0.2) is 44.3 Å². The molecule has 0 saturated carbocycles. The zero-order valence-electron chi connectivity index (χ0n) is 18.1. The van der Waals surface area contributed by atoms with Gasteiger partial charge in [-0.1, -0.05) is 29.8 Å². The van der Waals surface area contributed by atoms with Gasteiger partial charge in [0.05, 0.1) is 25.2 Å². The lowest BCUT2D eigenvalue weighted by Gasteiger charge is -2.16. The predicted molar refractivity (Wildman–Crippen MR) is 121 cm³/mol. The highest BCUT2D eigenvalue weighted by Crippen LogP contribution is 2.20. The molecule has 1 unspecified atom stereocenters. The van der Waals surface area contributed by atoms with Gasteiger partial charge in [0.25, 0.3) is 5.69 Å². The SMILES string of the molecule is COc1ccc(C)cc1CCNC(=NCc1ccc([N+](=O)[O-])cc1)NCC1CCOC1. The molecule has 0 amide bonds. The van der Waals surface area contributed by atoms with Crippen molar-refractivity contribution in [1.29, 1.82) is 0 Å². The van der Waals surface area contributed by atoms with Gasteiger partial charge in [0.15, 0.2) is 5.96 Å². The van der Waals surface area contributed by atoms with Crippen molar-refractivity contribution in [1.82, 2.24) is 10.6 Å². The number of hydrogen-bond donors (Lipinski definition) is 2. The molecule has 31 heavy (non-hydrogen) atoms. The number of nitrogens with one attached hydrogen (secondary N) is 2. The molecule has 8 nitrogen and oxygen atoms in total. The average molecular weight is 427 g/mol. The summed E-state index contributed by atoms with van der Waals surface area (Å²) in [7, 11) is 1.68. The molecular formula is C23H30N4O4. The Labute approximate surface area is 182 Å². The summed E-state index contributed by atoms with van der Waals surface area (Å²) < 4.78 is 10.9. The summed E-state index contributed by atoms with van der Waals surface area (Å²) in [6.07, 6.45) is 1.85. The fourth-order valence-electron chi connectivity index (χ4n) is 3.47. The number of aliphatic imine (C=N–C) groups is 1. The summed E-state index contributed by atoms with van der Waals surface area (Å²) in [5.74, 6) is 2.08. The van der Waals surface area contributed by atoms with Crippen LogP contribution in [0.25, 0.3) is 0 Å². The number of rotatable bonds is 9. The van der Waals surface area contributed by atoms with Crippen LogP contribution >= 0.6 is 0 Å². The number of aryl methyl sites for hydroxylation is 1. The molecule has 1 fully saturated rings. The first kappa shape index (κ1) is 22.6. The smallest absolute Gasteiger partial charge is 0.269 e. The monoisotopic (exact) mass is 426 g/mol. The number of benzene rings is 2. The van der Waals surface area contributed by atoms with Gasteiger partial charge in [-0.25, -0.2) is 4.99 Å². The zero-order valence-corrected chi connectivity index (χ0v) is 18.1. The quantitative estimate of drug-likeness (QED) is 0.277. The summed E-state index contributed by atoms with van der Waals surface area (Å²) >= 11 is 0. The van der Waals surface area contributed by atoms with E-state index in [1.54, 1.807) is 19.2 Å². The summed E-state index contributed by atoms with van der Waals surface area (Å²) in [4.78, 5) is 15.1. The lowest BCUT2D eigenvalue weighted by Crippen LogP contribution is -2.41. The number of hydrogen-bond acceptors (Lipinski definition) is 5. The fraction of sp³-hybridized carbons (Fsp3) is 0.435. The van der Waals surface area contributed by atoms with Gasteiger partial charge in [-0.3, -0.25) is 10.1 Å². The standard InChI is InChI=1S/C23H30N4O4/c1-17-3-8-22(30-2)20(13-17)9-11-24-23(26-15-19-10-12-31-16-19)25-14-18-4-6-21(7-5-18)27(28)29/h3-8,13,19H,9-12,14-16H2,1-2H3,(H2,24,25,26). The summed E-state index contributed by atoms with van der Waals surface area (Å²) in [6.45, 7) is 5.57. The van der Waals surface area contributed by atoms with Gasteiger partial charge in [0.2, 0.25) is 0 Å². The van der Waals surface area contributed by atoms with Crippen molar-refractivity contribution in [3.8, 4) is 5.75 Å². The molecule has 2 N–H and O–H groups in total. The molecule has 1 atom stereocenters. The molecule has 0 radical (unpaired) electrons. The van der Waals surface area contributed by atoms with Crippen molar-refractivity contribution in [2.24, 2.45) is 10.9 Å². The van der Waals surface area contributed by atoms with Crippen molar-refractivity contribution in [2.45, 2.75) is 26.3 Å². The third kappa shape index (κ3) is 6.96. The highest BCUT2D eigenvalue weighted by atomic mass is 16.6. The van der Waals surface area contributed by atoms with Gasteiger partial charge in [-0.2, -0.15) is 0 Å². The van der Waals surface area contributed by atoms with Gasteiger partial charge < -0.3 is 20.1 Å². The van der Waals surface area contributed by atoms with E-state index in [9.17, 15) is 10.1 Å². The number of methoxy groups -OCH3 is 1. The van der Waals surface area contributed by atoms with E-state index in [4.69, 9.17) is 9.47 Å². The molecule has 1 aliphatic rings. The first-order chi connectivity index (χ1) is 15.0. The number of non-ortho nitro benzene ring substituents is 1. The Bertz CT molecular complexity index is 893. The maximum Gasteiger partial charge on any atom is 0.269 e. The van der Waals surface area contributed by atoms with E-state index >= 15 is 0 Å². The number of nitro groups is 1. The van der Waals surface area contributed by atoms with Crippen LogP contribution in [0.2, 0.25) is 0 Å². The summed E-state index contributed by atoms with van der Waals surface area (Å²) in [5.41, 5.74) is 3.34. The molecule has 2 aromatic carbocycles. The van der Waals surface area contributed by atoms with Crippen molar-refractivity contribution in [3.05, 3.63) is 69.3 Å².